The molecule has 1 amide bonds. The van der Waals surface area contributed by atoms with Gasteiger partial charge >= 0.3 is 5.97 Å². The van der Waals surface area contributed by atoms with Gasteiger partial charge in [0.25, 0.3) is 0 Å². The molecule has 0 heterocycles. The van der Waals surface area contributed by atoms with Crippen LogP contribution >= 0.6 is 0 Å². The molecule has 0 aromatic heterocycles. The molecular weight excluding hydrogens is 558 g/mol. The van der Waals surface area contributed by atoms with E-state index >= 15 is 0 Å². The van der Waals surface area contributed by atoms with Crippen LogP contribution in [-0.2, 0) is 20.9 Å². The van der Waals surface area contributed by atoms with E-state index in [0.717, 1.165) is 49.8 Å². The van der Waals surface area contributed by atoms with E-state index in [9.17, 15) is 9.59 Å². The Morgan fingerprint density at radius 3 is 2.20 bits per heavy atom. The van der Waals surface area contributed by atoms with Crippen LogP contribution in [0.2, 0.25) is 0 Å². The van der Waals surface area contributed by atoms with Gasteiger partial charge in [-0.25, -0.2) is 0 Å². The van der Waals surface area contributed by atoms with Crippen LogP contribution in [0.1, 0.15) is 118 Å². The van der Waals surface area contributed by atoms with Crippen LogP contribution in [0, 0.1) is 56.7 Å². The van der Waals surface area contributed by atoms with Crippen LogP contribution in [0.4, 0.5) is 0 Å². The number of hydrogen-bond acceptors (Lipinski definition) is 4. The van der Waals surface area contributed by atoms with Crippen molar-refractivity contribution in [2.75, 3.05) is 7.11 Å². The molecule has 10 atom stereocenters. The second-order valence-electron chi connectivity index (χ2n) is 17.3. The number of benzene rings is 1. The number of allylic oxidation sites excluding steroid dienone is 1. The van der Waals surface area contributed by atoms with Gasteiger partial charge < -0.3 is 14.8 Å². The van der Waals surface area contributed by atoms with E-state index in [2.05, 4.69) is 65.6 Å². The summed E-state index contributed by atoms with van der Waals surface area (Å²) >= 11 is 0. The van der Waals surface area contributed by atoms with Crippen molar-refractivity contribution >= 4 is 11.9 Å². The Morgan fingerprint density at radius 2 is 1.56 bits per heavy atom. The van der Waals surface area contributed by atoms with Crippen LogP contribution in [0.15, 0.2) is 36.4 Å². The second kappa shape index (κ2) is 11.2. The molecular formula is C40H59NO4. The van der Waals surface area contributed by atoms with Gasteiger partial charge in [0.2, 0.25) is 5.91 Å². The number of nitrogens with one attached hydrogen (secondary N) is 1. The first kappa shape index (κ1) is 32.6. The maximum absolute atomic E-state index is 14.4. The molecule has 1 aromatic rings. The van der Waals surface area contributed by atoms with Crippen molar-refractivity contribution in [3.05, 3.63) is 42.0 Å². The van der Waals surface area contributed by atoms with E-state index in [0.29, 0.717) is 36.1 Å². The number of methoxy groups -OCH3 is 1. The molecule has 0 bridgehead atoms. The van der Waals surface area contributed by atoms with Crippen molar-refractivity contribution in [2.45, 2.75) is 125 Å². The molecule has 0 saturated heterocycles. The van der Waals surface area contributed by atoms with Gasteiger partial charge in [0, 0.05) is 18.9 Å². The molecule has 5 nitrogen and oxygen atoms in total. The van der Waals surface area contributed by atoms with E-state index in [1.54, 1.807) is 14.0 Å². The standard InChI is InChI=1S/C40H59NO4/c1-25(2)29-16-21-40(35(43)41-24-27-10-12-28(44-9)13-11-27)23-22-38(7)30(34(29)40)14-15-32-37(6)19-18-33(45-26(3)42)36(4,5)31(37)17-20-39(32,38)8/h10-13,29-34H,1,14-24H2,2-9H3,(H,41,43)/t29-,30+,31-,32+,33-,34+,37-,38+,39+,40-/m0/s1. The highest BCUT2D eigenvalue weighted by molar-refractivity contribution is 5.84. The zero-order valence-corrected chi connectivity index (χ0v) is 29.4. The highest BCUT2D eigenvalue weighted by Crippen LogP contribution is 2.77. The van der Waals surface area contributed by atoms with Crippen molar-refractivity contribution in [3.8, 4) is 5.75 Å². The van der Waals surface area contributed by atoms with Crippen LogP contribution in [0.3, 0.4) is 0 Å². The minimum atomic E-state index is -0.311. The number of fused-ring (bicyclic) bond motifs is 7. The van der Waals surface area contributed by atoms with E-state index in [4.69, 9.17) is 9.47 Å². The topological polar surface area (TPSA) is 64.6 Å². The van der Waals surface area contributed by atoms with E-state index in [1.807, 2.05) is 12.1 Å². The molecule has 5 saturated carbocycles. The molecule has 0 spiro atoms. The van der Waals surface area contributed by atoms with E-state index in [-0.39, 0.29) is 45.1 Å². The SMILES string of the molecule is C=C(C)[C@@H]1CC[C@]2(C(=O)NCc3ccc(OC)cc3)CC[C@]3(C)[C@H](CC[C@@H]4[C@@]5(C)CC[C@H](OC(C)=O)C(C)(C)[C@@H]5CC[C@]43C)[C@@H]12. The fourth-order valence-electron chi connectivity index (χ4n) is 13.0. The number of hydrogen-bond donors (Lipinski definition) is 1. The average Bonchev–Trinajstić information content (AvgIpc) is 3.39. The molecule has 6 rings (SSSR count). The zero-order chi connectivity index (χ0) is 32.6. The van der Waals surface area contributed by atoms with Gasteiger partial charge in [0.1, 0.15) is 11.9 Å². The van der Waals surface area contributed by atoms with Gasteiger partial charge in [-0.2, -0.15) is 0 Å². The molecule has 0 radical (unpaired) electrons. The largest absolute Gasteiger partial charge is 0.497 e. The average molecular weight is 618 g/mol. The van der Waals surface area contributed by atoms with Crippen LogP contribution in [-0.4, -0.2) is 25.1 Å². The predicted molar refractivity (Wildman–Crippen MR) is 179 cm³/mol. The molecule has 5 heteroatoms. The van der Waals surface area contributed by atoms with Crippen LogP contribution in [0.5, 0.6) is 5.75 Å². The summed E-state index contributed by atoms with van der Waals surface area (Å²) in [5.74, 6) is 3.43. The number of amides is 1. The third-order valence-corrected chi connectivity index (χ3v) is 15.4. The molecule has 5 aliphatic rings. The van der Waals surface area contributed by atoms with E-state index in [1.165, 1.54) is 31.3 Å². The summed E-state index contributed by atoms with van der Waals surface area (Å²) in [5.41, 5.74) is 2.67. The molecule has 1 aromatic carbocycles. The maximum atomic E-state index is 14.4. The van der Waals surface area contributed by atoms with Gasteiger partial charge in [-0.3, -0.25) is 9.59 Å². The first-order valence-electron chi connectivity index (χ1n) is 17.9. The lowest BCUT2D eigenvalue weighted by Crippen LogP contribution is -2.67. The highest BCUT2D eigenvalue weighted by atomic mass is 16.5. The summed E-state index contributed by atoms with van der Waals surface area (Å²) < 4.78 is 11.3. The van der Waals surface area contributed by atoms with Crippen molar-refractivity contribution in [3.63, 3.8) is 0 Å². The van der Waals surface area contributed by atoms with Crippen molar-refractivity contribution in [1.82, 2.24) is 5.32 Å². The van der Waals surface area contributed by atoms with Gasteiger partial charge in [-0.1, -0.05) is 58.9 Å². The number of carbonyl (C=O) groups is 2. The summed E-state index contributed by atoms with van der Waals surface area (Å²) in [6.07, 6.45) is 11.1. The minimum absolute atomic E-state index is 0.00546. The Hall–Kier alpha value is -2.30. The smallest absolute Gasteiger partial charge is 0.302 e. The van der Waals surface area contributed by atoms with Gasteiger partial charge in [-0.05, 0) is 135 Å². The van der Waals surface area contributed by atoms with Gasteiger partial charge in [0.05, 0.1) is 12.5 Å². The van der Waals surface area contributed by atoms with Crippen molar-refractivity contribution < 1.29 is 19.1 Å². The van der Waals surface area contributed by atoms with Gasteiger partial charge in [0.15, 0.2) is 0 Å². The van der Waals surface area contributed by atoms with Crippen LogP contribution < -0.4 is 10.1 Å². The minimum Gasteiger partial charge on any atom is -0.497 e. The molecule has 5 fully saturated rings. The summed E-state index contributed by atoms with van der Waals surface area (Å²) in [6, 6.07) is 8.05. The number of esters is 1. The normalized spacial score (nSPS) is 43.1. The third-order valence-electron chi connectivity index (χ3n) is 15.4. The Kier molecular flexibility index (Phi) is 8.09. The fraction of sp³-hybridized carbons (Fsp3) is 0.750. The Bertz CT molecular complexity index is 1330. The third kappa shape index (κ3) is 4.74. The predicted octanol–water partition coefficient (Wildman–Crippen LogP) is 8.90. The summed E-state index contributed by atoms with van der Waals surface area (Å²) in [4.78, 5) is 26.5. The second-order valence-corrected chi connectivity index (χ2v) is 17.3. The first-order chi connectivity index (χ1) is 21.1. The Morgan fingerprint density at radius 1 is 0.844 bits per heavy atom. The summed E-state index contributed by atoms with van der Waals surface area (Å²) in [7, 11) is 1.68. The number of rotatable bonds is 6. The lowest BCUT2D eigenvalue weighted by Gasteiger charge is -2.72. The summed E-state index contributed by atoms with van der Waals surface area (Å²) in [5, 5.41) is 3.43. The zero-order valence-electron chi connectivity index (χ0n) is 29.4. The number of ether oxygens (including phenoxy) is 2. The van der Waals surface area contributed by atoms with Crippen molar-refractivity contribution in [2.24, 2.45) is 56.7 Å². The molecule has 45 heavy (non-hydrogen) atoms. The Labute approximate surface area is 272 Å². The Balaban J connectivity index is 1.29. The van der Waals surface area contributed by atoms with Gasteiger partial charge in [-0.15, -0.1) is 0 Å². The van der Waals surface area contributed by atoms with Crippen LogP contribution in [0.25, 0.3) is 0 Å². The maximum Gasteiger partial charge on any atom is 0.302 e. The molecule has 248 valence electrons. The van der Waals surface area contributed by atoms with E-state index < -0.39 is 0 Å². The highest BCUT2D eigenvalue weighted by Gasteiger charge is 2.72. The molecule has 5 aliphatic carbocycles. The lowest BCUT2D eigenvalue weighted by atomic mass is 9.32. The lowest BCUT2D eigenvalue weighted by molar-refractivity contribution is -0.248. The van der Waals surface area contributed by atoms with Crippen molar-refractivity contribution in [1.29, 1.82) is 0 Å². The first-order valence-corrected chi connectivity index (χ1v) is 17.9. The molecule has 0 aliphatic heterocycles. The summed E-state index contributed by atoms with van der Waals surface area (Å²) in [6.45, 7) is 21.5. The monoisotopic (exact) mass is 617 g/mol. The number of carbonyl (C=O) groups excluding carboxylic acids is 2. The fourth-order valence-corrected chi connectivity index (χ4v) is 13.0. The quantitative estimate of drug-likeness (QED) is 0.256. The molecule has 0 unspecified atom stereocenters. The molecule has 1 N–H and O–H groups in total.